The number of Topliss-reactive ketones (excluding diaryl/α,β-unsaturated/α-hetero) is 1. The lowest BCUT2D eigenvalue weighted by molar-refractivity contribution is 0.102. The molecule has 4 aromatic rings. The third kappa shape index (κ3) is 4.60. The number of ketones is 1. The SMILES string of the molecule is COc1cccc(C(=O)CSc2nnc(Cc3ccccc3)n2-c2ccccc2)c1. The standard InChI is InChI=1S/C24H21N3O2S/c1-29-21-14-8-11-19(16-21)22(28)17-30-24-26-25-23(15-18-9-4-2-5-10-18)27(24)20-12-6-3-7-13-20/h2-14,16H,15,17H2,1H3. The molecule has 4 rings (SSSR count). The number of carbonyl (C=O) groups excluding carboxylic acids is 1. The van der Waals surface area contributed by atoms with Gasteiger partial charge in [-0.1, -0.05) is 72.4 Å². The molecule has 1 heterocycles. The highest BCUT2D eigenvalue weighted by Crippen LogP contribution is 2.25. The lowest BCUT2D eigenvalue weighted by Gasteiger charge is -2.10. The Morgan fingerprint density at radius 2 is 1.67 bits per heavy atom. The zero-order chi connectivity index (χ0) is 20.8. The Bertz CT molecular complexity index is 1130. The number of benzene rings is 3. The van der Waals surface area contributed by atoms with Crippen molar-refractivity contribution in [2.45, 2.75) is 11.6 Å². The fraction of sp³-hybridized carbons (Fsp3) is 0.125. The van der Waals surface area contributed by atoms with Gasteiger partial charge in [-0.2, -0.15) is 0 Å². The smallest absolute Gasteiger partial charge is 0.196 e. The van der Waals surface area contributed by atoms with Crippen molar-refractivity contribution in [3.05, 3.63) is 102 Å². The molecule has 0 saturated carbocycles. The lowest BCUT2D eigenvalue weighted by atomic mass is 10.1. The summed E-state index contributed by atoms with van der Waals surface area (Å²) in [5, 5.41) is 9.51. The second-order valence-electron chi connectivity index (χ2n) is 6.68. The van der Waals surface area contributed by atoms with Gasteiger partial charge in [0.05, 0.1) is 12.9 Å². The minimum atomic E-state index is 0.0196. The summed E-state index contributed by atoms with van der Waals surface area (Å²) in [7, 11) is 1.59. The quantitative estimate of drug-likeness (QED) is 0.304. The Morgan fingerprint density at radius 1 is 0.933 bits per heavy atom. The van der Waals surface area contributed by atoms with Crippen LogP contribution in [0.1, 0.15) is 21.7 Å². The molecular formula is C24H21N3O2S. The molecule has 3 aromatic carbocycles. The van der Waals surface area contributed by atoms with Gasteiger partial charge in [0.1, 0.15) is 11.6 Å². The average Bonchev–Trinajstić information content (AvgIpc) is 3.21. The average molecular weight is 416 g/mol. The maximum Gasteiger partial charge on any atom is 0.196 e. The number of hydrogen-bond donors (Lipinski definition) is 0. The maximum absolute atomic E-state index is 12.7. The Kier molecular flexibility index (Phi) is 6.25. The van der Waals surface area contributed by atoms with Crippen molar-refractivity contribution in [1.29, 1.82) is 0 Å². The summed E-state index contributed by atoms with van der Waals surface area (Å²) in [6.45, 7) is 0. The van der Waals surface area contributed by atoms with E-state index in [4.69, 9.17) is 4.74 Å². The monoisotopic (exact) mass is 415 g/mol. The van der Waals surface area contributed by atoms with E-state index in [-0.39, 0.29) is 11.5 Å². The lowest BCUT2D eigenvalue weighted by Crippen LogP contribution is -2.06. The van der Waals surface area contributed by atoms with Gasteiger partial charge in [0.25, 0.3) is 0 Å². The van der Waals surface area contributed by atoms with Gasteiger partial charge in [-0.05, 0) is 29.8 Å². The van der Waals surface area contributed by atoms with Gasteiger partial charge < -0.3 is 4.74 Å². The molecule has 0 spiro atoms. The van der Waals surface area contributed by atoms with Gasteiger partial charge in [-0.15, -0.1) is 10.2 Å². The van der Waals surface area contributed by atoms with E-state index in [2.05, 4.69) is 22.3 Å². The van der Waals surface area contributed by atoms with Crippen LogP contribution < -0.4 is 4.74 Å². The van der Waals surface area contributed by atoms with Crippen LogP contribution >= 0.6 is 11.8 Å². The Labute approximate surface area is 179 Å². The van der Waals surface area contributed by atoms with Crippen molar-refractivity contribution in [3.8, 4) is 11.4 Å². The highest BCUT2D eigenvalue weighted by molar-refractivity contribution is 7.99. The summed E-state index contributed by atoms with van der Waals surface area (Å²) >= 11 is 1.39. The fourth-order valence-corrected chi connectivity index (χ4v) is 4.00. The van der Waals surface area contributed by atoms with Crippen LogP contribution in [-0.4, -0.2) is 33.4 Å². The van der Waals surface area contributed by atoms with Crippen molar-refractivity contribution >= 4 is 17.5 Å². The van der Waals surface area contributed by atoms with Crippen molar-refractivity contribution in [1.82, 2.24) is 14.8 Å². The molecule has 0 N–H and O–H groups in total. The Morgan fingerprint density at radius 3 is 2.40 bits per heavy atom. The molecule has 0 aliphatic heterocycles. The first-order chi connectivity index (χ1) is 14.7. The molecule has 150 valence electrons. The molecule has 5 nitrogen and oxygen atoms in total. The number of nitrogens with zero attached hydrogens (tertiary/aromatic N) is 3. The van der Waals surface area contributed by atoms with Crippen molar-refractivity contribution in [3.63, 3.8) is 0 Å². The largest absolute Gasteiger partial charge is 0.497 e. The molecule has 0 fully saturated rings. The second-order valence-corrected chi connectivity index (χ2v) is 7.62. The number of thioether (sulfide) groups is 1. The summed E-state index contributed by atoms with van der Waals surface area (Å²) in [6, 6.07) is 27.4. The summed E-state index contributed by atoms with van der Waals surface area (Å²) in [6.07, 6.45) is 0.660. The molecule has 0 radical (unpaired) electrons. The van der Waals surface area contributed by atoms with E-state index in [1.807, 2.05) is 65.2 Å². The third-order valence-electron chi connectivity index (χ3n) is 4.64. The van der Waals surface area contributed by atoms with Crippen LogP contribution in [0.2, 0.25) is 0 Å². The fourth-order valence-electron chi connectivity index (χ4n) is 3.13. The van der Waals surface area contributed by atoms with Gasteiger partial charge in [-0.25, -0.2) is 0 Å². The molecule has 0 saturated heterocycles. The molecule has 6 heteroatoms. The zero-order valence-electron chi connectivity index (χ0n) is 16.6. The van der Waals surface area contributed by atoms with Gasteiger partial charge in [-0.3, -0.25) is 9.36 Å². The molecule has 0 aliphatic carbocycles. The predicted octanol–water partition coefficient (Wildman–Crippen LogP) is 4.84. The number of rotatable bonds is 8. The molecule has 0 amide bonds. The minimum absolute atomic E-state index is 0.0196. The van der Waals surface area contributed by atoms with E-state index in [1.165, 1.54) is 11.8 Å². The normalized spacial score (nSPS) is 10.7. The maximum atomic E-state index is 12.7. The Balaban J connectivity index is 1.59. The van der Waals surface area contributed by atoms with Crippen LogP contribution in [0.15, 0.2) is 90.1 Å². The van der Waals surface area contributed by atoms with Crippen LogP contribution in [-0.2, 0) is 6.42 Å². The summed E-state index contributed by atoms with van der Waals surface area (Å²) < 4.78 is 7.24. The van der Waals surface area contributed by atoms with E-state index in [1.54, 1.807) is 19.2 Å². The number of ether oxygens (including phenoxy) is 1. The van der Waals surface area contributed by atoms with Gasteiger partial charge in [0.2, 0.25) is 0 Å². The van der Waals surface area contributed by atoms with Gasteiger partial charge in [0, 0.05) is 17.7 Å². The number of hydrogen-bond acceptors (Lipinski definition) is 5. The molecule has 1 aromatic heterocycles. The molecule has 0 atom stereocenters. The molecule has 30 heavy (non-hydrogen) atoms. The van der Waals surface area contributed by atoms with E-state index >= 15 is 0 Å². The van der Waals surface area contributed by atoms with Gasteiger partial charge >= 0.3 is 0 Å². The summed E-state index contributed by atoms with van der Waals surface area (Å²) in [4.78, 5) is 12.7. The molecule has 0 unspecified atom stereocenters. The van der Waals surface area contributed by atoms with Crippen molar-refractivity contribution in [2.75, 3.05) is 12.9 Å². The van der Waals surface area contributed by atoms with Gasteiger partial charge in [0.15, 0.2) is 10.9 Å². The third-order valence-corrected chi connectivity index (χ3v) is 5.57. The predicted molar refractivity (Wildman–Crippen MR) is 119 cm³/mol. The Hall–Kier alpha value is -3.38. The number of methoxy groups -OCH3 is 1. The molecular weight excluding hydrogens is 394 g/mol. The molecule has 0 aliphatic rings. The first kappa shape index (κ1) is 19.9. The highest BCUT2D eigenvalue weighted by Gasteiger charge is 2.17. The van der Waals surface area contributed by atoms with E-state index in [9.17, 15) is 4.79 Å². The topological polar surface area (TPSA) is 57.0 Å². The van der Waals surface area contributed by atoms with Crippen molar-refractivity contribution < 1.29 is 9.53 Å². The van der Waals surface area contributed by atoms with E-state index < -0.39 is 0 Å². The highest BCUT2D eigenvalue weighted by atomic mass is 32.2. The van der Waals surface area contributed by atoms with E-state index in [0.717, 1.165) is 17.1 Å². The summed E-state index contributed by atoms with van der Waals surface area (Å²) in [5.41, 5.74) is 2.76. The second kappa shape index (κ2) is 9.41. The van der Waals surface area contributed by atoms with Crippen LogP contribution in [0.4, 0.5) is 0 Å². The molecule has 0 bridgehead atoms. The van der Waals surface area contributed by atoms with Crippen molar-refractivity contribution in [2.24, 2.45) is 0 Å². The minimum Gasteiger partial charge on any atom is -0.497 e. The van der Waals surface area contributed by atoms with Crippen LogP contribution in [0.3, 0.4) is 0 Å². The first-order valence-electron chi connectivity index (χ1n) is 9.58. The number of para-hydroxylation sites is 1. The van der Waals surface area contributed by atoms with E-state index in [0.29, 0.717) is 22.9 Å². The number of aromatic nitrogens is 3. The van der Waals surface area contributed by atoms with Crippen LogP contribution in [0, 0.1) is 0 Å². The number of carbonyl (C=O) groups is 1. The summed E-state index contributed by atoms with van der Waals surface area (Å²) in [5.74, 6) is 1.79. The first-order valence-corrected chi connectivity index (χ1v) is 10.6. The zero-order valence-corrected chi connectivity index (χ0v) is 17.4. The van der Waals surface area contributed by atoms with Crippen LogP contribution in [0.25, 0.3) is 5.69 Å². The van der Waals surface area contributed by atoms with Crippen LogP contribution in [0.5, 0.6) is 5.75 Å².